The Labute approximate surface area is 154 Å². The molecule has 2 aliphatic rings. The topological polar surface area (TPSA) is 49.6 Å². The van der Waals surface area contributed by atoms with Crippen molar-refractivity contribution in [3.8, 4) is 0 Å². The Morgan fingerprint density at radius 2 is 1.92 bits per heavy atom. The summed E-state index contributed by atoms with van der Waals surface area (Å²) in [6.07, 6.45) is 4.15. The van der Waals surface area contributed by atoms with E-state index in [9.17, 15) is 0 Å². The highest BCUT2D eigenvalue weighted by Crippen LogP contribution is 2.34. The highest BCUT2D eigenvalue weighted by atomic mass is 32.1. The van der Waals surface area contributed by atoms with Crippen molar-refractivity contribution in [3.05, 3.63) is 68.7 Å². The van der Waals surface area contributed by atoms with Gasteiger partial charge in [0.15, 0.2) is 0 Å². The fraction of sp³-hybridized carbons (Fsp3) is 0.211. The zero-order valence-electron chi connectivity index (χ0n) is 13.4. The second-order valence-electron chi connectivity index (χ2n) is 6.14. The van der Waals surface area contributed by atoms with E-state index < -0.39 is 0 Å². The van der Waals surface area contributed by atoms with Gasteiger partial charge in [-0.25, -0.2) is 4.98 Å². The van der Waals surface area contributed by atoms with Crippen LogP contribution in [0.4, 0.5) is 5.82 Å². The van der Waals surface area contributed by atoms with Crippen LogP contribution < -0.4 is 5.32 Å². The molecule has 1 aliphatic carbocycles. The number of aliphatic imine (C=N–C) groups is 2. The van der Waals surface area contributed by atoms with E-state index in [1.807, 2.05) is 12.3 Å². The number of thiophene rings is 2. The molecular formula is C19H16N4S2. The Balaban J connectivity index is 1.72. The van der Waals surface area contributed by atoms with Gasteiger partial charge in [0.25, 0.3) is 0 Å². The van der Waals surface area contributed by atoms with Gasteiger partial charge in [-0.2, -0.15) is 0 Å². The zero-order chi connectivity index (χ0) is 16.6. The van der Waals surface area contributed by atoms with E-state index in [4.69, 9.17) is 9.98 Å². The van der Waals surface area contributed by atoms with Gasteiger partial charge in [0.1, 0.15) is 17.7 Å². The average molecular weight is 364 g/mol. The van der Waals surface area contributed by atoms with Crippen molar-refractivity contribution in [1.29, 1.82) is 0 Å². The monoisotopic (exact) mass is 364 g/mol. The number of fused-ring (bicyclic) bond motifs is 1. The number of nitrogens with zero attached hydrogens (tertiary/aromatic N) is 3. The highest BCUT2D eigenvalue weighted by Gasteiger charge is 2.30. The van der Waals surface area contributed by atoms with Gasteiger partial charge >= 0.3 is 0 Å². The first kappa shape index (κ1) is 15.0. The van der Waals surface area contributed by atoms with Gasteiger partial charge in [-0.1, -0.05) is 12.1 Å². The summed E-state index contributed by atoms with van der Waals surface area (Å²) in [7, 11) is 0. The molecule has 0 radical (unpaired) electrons. The van der Waals surface area contributed by atoms with Gasteiger partial charge in [-0.05, 0) is 47.9 Å². The minimum absolute atomic E-state index is 0.105. The van der Waals surface area contributed by atoms with Crippen molar-refractivity contribution < 1.29 is 0 Å². The van der Waals surface area contributed by atoms with Crippen molar-refractivity contribution in [2.45, 2.75) is 24.9 Å². The van der Waals surface area contributed by atoms with Crippen LogP contribution in [0.2, 0.25) is 0 Å². The van der Waals surface area contributed by atoms with Crippen molar-refractivity contribution in [2.24, 2.45) is 9.98 Å². The van der Waals surface area contributed by atoms with Gasteiger partial charge in [0, 0.05) is 16.6 Å². The Bertz CT molecular complexity index is 938. The Kier molecular flexibility index (Phi) is 3.72. The van der Waals surface area contributed by atoms with Crippen molar-refractivity contribution in [1.82, 2.24) is 4.98 Å². The number of pyridine rings is 1. The van der Waals surface area contributed by atoms with Crippen LogP contribution in [0.5, 0.6) is 0 Å². The zero-order valence-corrected chi connectivity index (χ0v) is 15.1. The van der Waals surface area contributed by atoms with E-state index in [-0.39, 0.29) is 6.04 Å². The molecule has 0 aromatic carbocycles. The molecule has 0 amide bonds. The number of nitrogens with one attached hydrogen (secondary N) is 1. The summed E-state index contributed by atoms with van der Waals surface area (Å²) in [4.78, 5) is 17.0. The van der Waals surface area contributed by atoms with E-state index in [0.29, 0.717) is 6.04 Å². The number of amidine groups is 1. The third-order valence-electron chi connectivity index (χ3n) is 4.26. The Morgan fingerprint density at radius 1 is 1.04 bits per heavy atom. The van der Waals surface area contributed by atoms with Crippen LogP contribution in [-0.2, 0) is 0 Å². The van der Waals surface area contributed by atoms with Gasteiger partial charge in [-0.15, -0.1) is 22.7 Å². The third-order valence-corrected chi connectivity index (χ3v) is 6.06. The second-order valence-corrected chi connectivity index (χ2v) is 8.07. The predicted molar refractivity (Wildman–Crippen MR) is 105 cm³/mol. The molecule has 3 aromatic heterocycles. The summed E-state index contributed by atoms with van der Waals surface area (Å²) in [6, 6.07) is 12.8. The number of hydrogen-bond acceptors (Lipinski definition) is 5. The van der Waals surface area contributed by atoms with E-state index in [1.54, 1.807) is 22.7 Å². The lowest BCUT2D eigenvalue weighted by molar-refractivity contribution is 0.949. The second kappa shape index (κ2) is 6.20. The molecule has 5 rings (SSSR count). The maximum absolute atomic E-state index is 5.17. The van der Waals surface area contributed by atoms with Crippen molar-refractivity contribution >= 4 is 40.0 Å². The van der Waals surface area contributed by atoms with Crippen LogP contribution in [0.25, 0.3) is 0 Å². The summed E-state index contributed by atoms with van der Waals surface area (Å²) >= 11 is 3.43. The normalized spacial score (nSPS) is 21.4. The fourth-order valence-electron chi connectivity index (χ4n) is 2.90. The molecule has 4 heterocycles. The smallest absolute Gasteiger partial charge is 0.142 e. The van der Waals surface area contributed by atoms with Crippen molar-refractivity contribution in [3.63, 3.8) is 0 Å². The minimum Gasteiger partial charge on any atom is -0.326 e. The molecule has 0 bridgehead atoms. The SMILES string of the molecule is c1csc(C2=NC(c3cccs3)C(=NC3CC3)Nc3ncccc32)c1. The third kappa shape index (κ3) is 2.92. The molecule has 6 heteroatoms. The lowest BCUT2D eigenvalue weighted by Gasteiger charge is -2.14. The number of aromatic nitrogens is 1. The molecule has 3 aromatic rings. The Hall–Kier alpha value is -2.31. The fourth-order valence-corrected chi connectivity index (χ4v) is 4.40. The van der Waals surface area contributed by atoms with E-state index in [1.165, 1.54) is 17.7 Å². The molecule has 1 aliphatic heterocycles. The molecule has 0 saturated heterocycles. The standard InChI is InChI=1S/C19H16N4S2/c1-4-13-16(14-5-2-10-24-14)22-17(15-6-3-11-25-15)19(21-12-7-8-12)23-18(13)20-9-1/h1-6,9-12,17H,7-8H2,(H,20,21,23). The van der Waals surface area contributed by atoms with Crippen LogP contribution in [0, 0.1) is 0 Å². The molecule has 1 atom stereocenters. The summed E-state index contributed by atoms with van der Waals surface area (Å²) in [5.74, 6) is 1.75. The number of anilines is 1. The van der Waals surface area contributed by atoms with Crippen LogP contribution in [0.1, 0.15) is 34.2 Å². The summed E-state index contributed by atoms with van der Waals surface area (Å²) < 4.78 is 0. The van der Waals surface area contributed by atoms with E-state index in [0.717, 1.165) is 27.8 Å². The van der Waals surface area contributed by atoms with Gasteiger partial charge < -0.3 is 5.32 Å². The highest BCUT2D eigenvalue weighted by molar-refractivity contribution is 7.12. The lowest BCUT2D eigenvalue weighted by atomic mass is 10.1. The van der Waals surface area contributed by atoms with Gasteiger partial charge in [0.05, 0.1) is 16.6 Å². The summed E-state index contributed by atoms with van der Waals surface area (Å²) in [5, 5.41) is 7.68. The molecule has 124 valence electrons. The maximum Gasteiger partial charge on any atom is 0.142 e. The molecule has 1 fully saturated rings. The first-order valence-corrected chi connectivity index (χ1v) is 10.1. The molecule has 25 heavy (non-hydrogen) atoms. The average Bonchev–Trinajstić information content (AvgIpc) is 3.11. The quantitative estimate of drug-likeness (QED) is 0.728. The van der Waals surface area contributed by atoms with Crippen LogP contribution >= 0.6 is 22.7 Å². The van der Waals surface area contributed by atoms with Crippen LogP contribution in [-0.4, -0.2) is 22.6 Å². The van der Waals surface area contributed by atoms with Gasteiger partial charge in [-0.3, -0.25) is 9.98 Å². The Morgan fingerprint density at radius 3 is 2.68 bits per heavy atom. The van der Waals surface area contributed by atoms with Crippen LogP contribution in [0.3, 0.4) is 0 Å². The summed E-state index contributed by atoms with van der Waals surface area (Å²) in [5.41, 5.74) is 2.03. The molecule has 4 nitrogen and oxygen atoms in total. The van der Waals surface area contributed by atoms with E-state index >= 15 is 0 Å². The summed E-state index contributed by atoms with van der Waals surface area (Å²) in [6.45, 7) is 0. The molecule has 0 spiro atoms. The molecule has 1 N–H and O–H groups in total. The first-order chi connectivity index (χ1) is 12.4. The maximum atomic E-state index is 5.17. The molecule has 1 saturated carbocycles. The number of hydrogen-bond donors (Lipinski definition) is 1. The predicted octanol–water partition coefficient (Wildman–Crippen LogP) is 4.77. The first-order valence-electron chi connectivity index (χ1n) is 8.33. The largest absolute Gasteiger partial charge is 0.326 e. The lowest BCUT2D eigenvalue weighted by Crippen LogP contribution is -2.20. The number of rotatable bonds is 3. The molecule has 1 unspecified atom stereocenters. The van der Waals surface area contributed by atoms with Crippen molar-refractivity contribution in [2.75, 3.05) is 5.32 Å². The van der Waals surface area contributed by atoms with Gasteiger partial charge in [0.2, 0.25) is 0 Å². The van der Waals surface area contributed by atoms with Crippen LogP contribution in [0.15, 0.2) is 63.3 Å². The van der Waals surface area contributed by atoms with E-state index in [2.05, 4.69) is 51.4 Å². The minimum atomic E-state index is -0.105. The molecular weight excluding hydrogens is 348 g/mol.